The molecule has 0 aliphatic heterocycles. The minimum atomic E-state index is -0.293. The van der Waals surface area contributed by atoms with Crippen molar-refractivity contribution in [1.29, 1.82) is 0 Å². The third-order valence-electron chi connectivity index (χ3n) is 3.51. The number of halogens is 1. The van der Waals surface area contributed by atoms with Gasteiger partial charge in [0.05, 0.1) is 7.11 Å². The largest absolute Gasteiger partial charge is 0.494 e. The summed E-state index contributed by atoms with van der Waals surface area (Å²) in [6.07, 6.45) is 1.05. The van der Waals surface area contributed by atoms with Crippen LogP contribution in [0.3, 0.4) is 0 Å². The van der Waals surface area contributed by atoms with E-state index in [4.69, 9.17) is 10.5 Å². The van der Waals surface area contributed by atoms with Crippen molar-refractivity contribution in [2.24, 2.45) is 11.7 Å². The summed E-state index contributed by atoms with van der Waals surface area (Å²) in [5, 5.41) is 0. The summed E-state index contributed by atoms with van der Waals surface area (Å²) < 4.78 is 18.4. The van der Waals surface area contributed by atoms with Crippen LogP contribution in [0.2, 0.25) is 0 Å². The van der Waals surface area contributed by atoms with Crippen LogP contribution < -0.4 is 10.5 Å². The van der Waals surface area contributed by atoms with Crippen LogP contribution >= 0.6 is 0 Å². The van der Waals surface area contributed by atoms with Crippen molar-refractivity contribution >= 4 is 0 Å². The first kappa shape index (κ1) is 10.4. The fraction of sp³-hybridized carbons (Fsp3) is 0.500. The molecule has 0 saturated heterocycles. The van der Waals surface area contributed by atoms with Gasteiger partial charge in [-0.05, 0) is 42.0 Å². The Bertz CT molecular complexity index is 380. The van der Waals surface area contributed by atoms with Gasteiger partial charge in [-0.2, -0.15) is 0 Å². The molecule has 15 heavy (non-hydrogen) atoms. The molecule has 1 aromatic rings. The SMILES string of the molecule is COc1ccc(C2(C)CC2CN)cc1F. The second kappa shape index (κ2) is 3.49. The van der Waals surface area contributed by atoms with Crippen LogP contribution in [-0.4, -0.2) is 13.7 Å². The first-order chi connectivity index (χ1) is 7.11. The predicted molar refractivity (Wildman–Crippen MR) is 57.5 cm³/mol. The van der Waals surface area contributed by atoms with E-state index in [-0.39, 0.29) is 11.2 Å². The van der Waals surface area contributed by atoms with Gasteiger partial charge in [-0.1, -0.05) is 13.0 Å². The van der Waals surface area contributed by atoms with Crippen LogP contribution in [0.5, 0.6) is 5.75 Å². The van der Waals surface area contributed by atoms with Gasteiger partial charge in [0.1, 0.15) is 0 Å². The van der Waals surface area contributed by atoms with Gasteiger partial charge in [-0.3, -0.25) is 0 Å². The molecule has 2 rings (SSSR count). The van der Waals surface area contributed by atoms with Gasteiger partial charge in [0.25, 0.3) is 0 Å². The van der Waals surface area contributed by atoms with Crippen LogP contribution in [0, 0.1) is 11.7 Å². The molecule has 0 amide bonds. The van der Waals surface area contributed by atoms with Crippen LogP contribution in [-0.2, 0) is 5.41 Å². The molecule has 1 saturated carbocycles. The third-order valence-corrected chi connectivity index (χ3v) is 3.51. The summed E-state index contributed by atoms with van der Waals surface area (Å²) >= 11 is 0. The van der Waals surface area contributed by atoms with E-state index >= 15 is 0 Å². The highest BCUT2D eigenvalue weighted by Crippen LogP contribution is 2.53. The van der Waals surface area contributed by atoms with E-state index in [0.29, 0.717) is 18.2 Å². The summed E-state index contributed by atoms with van der Waals surface area (Å²) in [6, 6.07) is 5.17. The maximum Gasteiger partial charge on any atom is 0.165 e. The lowest BCUT2D eigenvalue weighted by atomic mass is 9.95. The van der Waals surface area contributed by atoms with E-state index in [2.05, 4.69) is 6.92 Å². The second-order valence-corrected chi connectivity index (χ2v) is 4.40. The maximum atomic E-state index is 13.5. The van der Waals surface area contributed by atoms with E-state index in [0.717, 1.165) is 12.0 Å². The monoisotopic (exact) mass is 209 g/mol. The Morgan fingerprint density at radius 1 is 1.60 bits per heavy atom. The van der Waals surface area contributed by atoms with Crippen LogP contribution in [0.15, 0.2) is 18.2 Å². The molecule has 0 spiro atoms. The Morgan fingerprint density at radius 3 is 2.80 bits per heavy atom. The van der Waals surface area contributed by atoms with E-state index in [1.165, 1.54) is 7.11 Å². The van der Waals surface area contributed by atoms with Crippen LogP contribution in [0.4, 0.5) is 4.39 Å². The fourth-order valence-electron chi connectivity index (χ4n) is 2.17. The quantitative estimate of drug-likeness (QED) is 0.827. The summed E-state index contributed by atoms with van der Waals surface area (Å²) in [7, 11) is 1.47. The molecule has 1 aliphatic rings. The van der Waals surface area contributed by atoms with Gasteiger partial charge in [-0.25, -0.2) is 4.39 Å². The summed E-state index contributed by atoms with van der Waals surface area (Å²) in [4.78, 5) is 0. The zero-order chi connectivity index (χ0) is 11.1. The van der Waals surface area contributed by atoms with E-state index < -0.39 is 0 Å². The molecule has 1 aliphatic carbocycles. The lowest BCUT2D eigenvalue weighted by molar-refractivity contribution is 0.385. The molecule has 2 atom stereocenters. The number of hydrogen-bond donors (Lipinski definition) is 1. The van der Waals surface area contributed by atoms with Crippen molar-refractivity contribution in [3.8, 4) is 5.75 Å². The highest BCUT2D eigenvalue weighted by Gasteiger charge is 2.50. The number of rotatable bonds is 3. The molecule has 2 N–H and O–H groups in total. The number of nitrogens with two attached hydrogens (primary N) is 1. The topological polar surface area (TPSA) is 35.2 Å². The summed E-state index contributed by atoms with van der Waals surface area (Å²) in [5.74, 6) is 0.497. The number of methoxy groups -OCH3 is 1. The molecule has 1 fully saturated rings. The lowest BCUT2D eigenvalue weighted by Gasteiger charge is -2.12. The Balaban J connectivity index is 2.28. The number of benzene rings is 1. The van der Waals surface area contributed by atoms with Crippen molar-refractivity contribution in [2.45, 2.75) is 18.8 Å². The highest BCUT2D eigenvalue weighted by atomic mass is 19.1. The highest BCUT2D eigenvalue weighted by molar-refractivity contribution is 5.38. The molecular weight excluding hydrogens is 193 g/mol. The molecule has 0 aromatic heterocycles. The first-order valence-corrected chi connectivity index (χ1v) is 5.16. The van der Waals surface area contributed by atoms with Crippen molar-refractivity contribution in [3.05, 3.63) is 29.6 Å². The zero-order valence-electron chi connectivity index (χ0n) is 9.09. The van der Waals surface area contributed by atoms with Crippen molar-refractivity contribution in [3.63, 3.8) is 0 Å². The van der Waals surface area contributed by atoms with Gasteiger partial charge >= 0.3 is 0 Å². The Labute approximate surface area is 89.2 Å². The smallest absolute Gasteiger partial charge is 0.165 e. The second-order valence-electron chi connectivity index (χ2n) is 4.40. The molecule has 0 radical (unpaired) electrons. The van der Waals surface area contributed by atoms with E-state index in [9.17, 15) is 4.39 Å². The average Bonchev–Trinajstić information content (AvgIpc) is 2.91. The molecule has 2 nitrogen and oxygen atoms in total. The van der Waals surface area contributed by atoms with E-state index in [1.807, 2.05) is 6.07 Å². The summed E-state index contributed by atoms with van der Waals surface area (Å²) in [5.41, 5.74) is 6.72. The standard InChI is InChI=1S/C12H16FNO/c1-12(6-9(12)7-14)8-3-4-11(15-2)10(13)5-8/h3-5,9H,6-7,14H2,1-2H3. The molecule has 1 aromatic carbocycles. The molecule has 0 bridgehead atoms. The molecule has 82 valence electrons. The Kier molecular flexibility index (Phi) is 2.43. The molecule has 2 unspecified atom stereocenters. The van der Waals surface area contributed by atoms with Crippen molar-refractivity contribution in [1.82, 2.24) is 0 Å². The number of ether oxygens (including phenoxy) is 1. The normalized spacial score (nSPS) is 28.9. The zero-order valence-corrected chi connectivity index (χ0v) is 9.09. The predicted octanol–water partition coefficient (Wildman–Crippen LogP) is 2.07. The average molecular weight is 209 g/mol. The maximum absolute atomic E-state index is 13.5. The van der Waals surface area contributed by atoms with Crippen LogP contribution in [0.25, 0.3) is 0 Å². The molecular formula is C12H16FNO. The first-order valence-electron chi connectivity index (χ1n) is 5.16. The van der Waals surface area contributed by atoms with Gasteiger partial charge in [-0.15, -0.1) is 0 Å². The Hall–Kier alpha value is -1.09. The van der Waals surface area contributed by atoms with Gasteiger partial charge in [0.2, 0.25) is 0 Å². The van der Waals surface area contributed by atoms with Gasteiger partial charge < -0.3 is 10.5 Å². The Morgan fingerprint density at radius 2 is 2.33 bits per heavy atom. The lowest BCUT2D eigenvalue weighted by Crippen LogP contribution is -2.12. The van der Waals surface area contributed by atoms with Gasteiger partial charge in [0.15, 0.2) is 11.6 Å². The molecule has 3 heteroatoms. The number of hydrogen-bond acceptors (Lipinski definition) is 2. The summed E-state index contributed by atoms with van der Waals surface area (Å²) in [6.45, 7) is 2.80. The van der Waals surface area contributed by atoms with Gasteiger partial charge in [0, 0.05) is 0 Å². The third kappa shape index (κ3) is 1.61. The minimum absolute atomic E-state index is 0.0713. The van der Waals surface area contributed by atoms with Crippen molar-refractivity contribution in [2.75, 3.05) is 13.7 Å². The van der Waals surface area contributed by atoms with E-state index in [1.54, 1.807) is 12.1 Å². The van der Waals surface area contributed by atoms with Crippen LogP contribution in [0.1, 0.15) is 18.9 Å². The fourth-order valence-corrected chi connectivity index (χ4v) is 2.17. The molecule has 0 heterocycles. The minimum Gasteiger partial charge on any atom is -0.494 e. The van der Waals surface area contributed by atoms with Crippen molar-refractivity contribution < 1.29 is 9.13 Å².